The lowest BCUT2D eigenvalue weighted by atomic mass is 10.1. The van der Waals surface area contributed by atoms with E-state index in [0.29, 0.717) is 23.2 Å². The molecule has 0 aromatic carbocycles. The lowest BCUT2D eigenvalue weighted by Crippen LogP contribution is -2.31. The van der Waals surface area contributed by atoms with E-state index in [4.69, 9.17) is 4.52 Å². The number of carbonyl (C=O) groups is 1. The number of amides is 1. The van der Waals surface area contributed by atoms with Crippen molar-refractivity contribution in [1.82, 2.24) is 20.4 Å². The Morgan fingerprint density at radius 2 is 2.18 bits per heavy atom. The molecule has 0 saturated heterocycles. The first-order valence-electron chi connectivity index (χ1n) is 7.61. The van der Waals surface area contributed by atoms with E-state index in [2.05, 4.69) is 20.4 Å². The molecule has 116 valence electrons. The number of aromatic nitrogens is 3. The third-order valence-corrected chi connectivity index (χ3v) is 3.80. The van der Waals surface area contributed by atoms with Crippen LogP contribution in [0, 0.1) is 12.8 Å². The Balaban J connectivity index is 1.77. The zero-order valence-corrected chi connectivity index (χ0v) is 13.0. The predicted octanol–water partition coefficient (Wildman–Crippen LogP) is 2.78. The number of carbonyl (C=O) groups excluding carboxylic acids is 1. The number of rotatable bonds is 5. The van der Waals surface area contributed by atoms with Crippen LogP contribution in [-0.2, 0) is 0 Å². The van der Waals surface area contributed by atoms with E-state index < -0.39 is 0 Å². The van der Waals surface area contributed by atoms with Crippen LogP contribution in [0.4, 0.5) is 0 Å². The van der Waals surface area contributed by atoms with E-state index >= 15 is 0 Å². The minimum atomic E-state index is -0.238. The van der Waals surface area contributed by atoms with Crippen LogP contribution in [0.15, 0.2) is 22.9 Å². The van der Waals surface area contributed by atoms with Gasteiger partial charge in [0.2, 0.25) is 0 Å². The highest BCUT2D eigenvalue weighted by molar-refractivity contribution is 5.92. The molecule has 1 N–H and O–H groups in total. The minimum Gasteiger partial charge on any atom is -0.360 e. The third kappa shape index (κ3) is 3.16. The van der Waals surface area contributed by atoms with Crippen molar-refractivity contribution in [1.29, 1.82) is 0 Å². The van der Waals surface area contributed by atoms with Gasteiger partial charge in [-0.1, -0.05) is 19.0 Å². The van der Waals surface area contributed by atoms with Gasteiger partial charge in [0.25, 0.3) is 5.91 Å². The standard InChI is InChI=1S/C16H20N4O2/c1-9(2)13-8-12(20-22-13)16(21)19-14(11-4-5-11)15-17-7-6-10(3)18-15/h6-9,11,14H,4-5H2,1-3H3,(H,19,21). The second-order valence-corrected chi connectivity index (χ2v) is 6.11. The zero-order chi connectivity index (χ0) is 15.7. The second-order valence-electron chi connectivity index (χ2n) is 6.11. The average Bonchev–Trinajstić information content (AvgIpc) is 3.19. The van der Waals surface area contributed by atoms with Crippen molar-refractivity contribution in [2.24, 2.45) is 5.92 Å². The largest absolute Gasteiger partial charge is 0.360 e. The van der Waals surface area contributed by atoms with Crippen LogP contribution in [0.3, 0.4) is 0 Å². The van der Waals surface area contributed by atoms with Gasteiger partial charge < -0.3 is 9.84 Å². The lowest BCUT2D eigenvalue weighted by Gasteiger charge is -2.16. The molecule has 2 aromatic heterocycles. The van der Waals surface area contributed by atoms with Crippen molar-refractivity contribution in [2.45, 2.75) is 45.6 Å². The third-order valence-electron chi connectivity index (χ3n) is 3.80. The molecule has 6 nitrogen and oxygen atoms in total. The fourth-order valence-electron chi connectivity index (χ4n) is 2.32. The van der Waals surface area contributed by atoms with E-state index in [1.54, 1.807) is 12.3 Å². The summed E-state index contributed by atoms with van der Waals surface area (Å²) >= 11 is 0. The topological polar surface area (TPSA) is 80.9 Å². The molecule has 1 aliphatic carbocycles. The van der Waals surface area contributed by atoms with Gasteiger partial charge in [0.15, 0.2) is 11.5 Å². The van der Waals surface area contributed by atoms with E-state index in [0.717, 1.165) is 18.5 Å². The first-order valence-corrected chi connectivity index (χ1v) is 7.61. The van der Waals surface area contributed by atoms with Crippen LogP contribution in [0.25, 0.3) is 0 Å². The van der Waals surface area contributed by atoms with Gasteiger partial charge in [-0.2, -0.15) is 0 Å². The molecule has 0 spiro atoms. The van der Waals surface area contributed by atoms with Crippen LogP contribution in [0.2, 0.25) is 0 Å². The molecule has 1 saturated carbocycles. The smallest absolute Gasteiger partial charge is 0.274 e. The Labute approximate surface area is 129 Å². The van der Waals surface area contributed by atoms with E-state index in [9.17, 15) is 4.79 Å². The van der Waals surface area contributed by atoms with Gasteiger partial charge in [-0.15, -0.1) is 0 Å². The summed E-state index contributed by atoms with van der Waals surface area (Å²) in [5.41, 5.74) is 1.20. The molecule has 1 fully saturated rings. The van der Waals surface area contributed by atoms with Crippen LogP contribution in [0.1, 0.15) is 66.4 Å². The normalized spacial score (nSPS) is 15.8. The zero-order valence-electron chi connectivity index (χ0n) is 13.0. The molecule has 1 atom stereocenters. The van der Waals surface area contributed by atoms with Crippen molar-refractivity contribution in [3.63, 3.8) is 0 Å². The lowest BCUT2D eigenvalue weighted by molar-refractivity contribution is 0.0920. The Morgan fingerprint density at radius 1 is 1.41 bits per heavy atom. The van der Waals surface area contributed by atoms with Crippen molar-refractivity contribution in [2.75, 3.05) is 0 Å². The van der Waals surface area contributed by atoms with Crippen molar-refractivity contribution >= 4 is 5.91 Å². The molecular formula is C16H20N4O2. The fourth-order valence-corrected chi connectivity index (χ4v) is 2.32. The first kappa shape index (κ1) is 14.7. The van der Waals surface area contributed by atoms with Crippen molar-refractivity contribution in [3.8, 4) is 0 Å². The van der Waals surface area contributed by atoms with E-state index in [1.165, 1.54) is 0 Å². The van der Waals surface area contributed by atoms with Crippen LogP contribution in [-0.4, -0.2) is 21.0 Å². The van der Waals surface area contributed by atoms with Gasteiger partial charge in [0.1, 0.15) is 5.76 Å². The molecule has 0 aliphatic heterocycles. The molecule has 1 aliphatic rings. The van der Waals surface area contributed by atoms with E-state index in [-0.39, 0.29) is 17.9 Å². The van der Waals surface area contributed by atoms with Crippen LogP contribution >= 0.6 is 0 Å². The van der Waals surface area contributed by atoms with Gasteiger partial charge in [0, 0.05) is 23.9 Å². The molecule has 0 bridgehead atoms. The molecule has 22 heavy (non-hydrogen) atoms. The molecular weight excluding hydrogens is 280 g/mol. The Hall–Kier alpha value is -2.24. The minimum absolute atomic E-state index is 0.161. The van der Waals surface area contributed by atoms with Gasteiger partial charge >= 0.3 is 0 Å². The summed E-state index contributed by atoms with van der Waals surface area (Å²) in [6.45, 7) is 5.91. The maximum atomic E-state index is 12.4. The number of nitrogens with zero attached hydrogens (tertiary/aromatic N) is 3. The SMILES string of the molecule is Cc1ccnc(C(NC(=O)c2cc(C(C)C)on2)C2CC2)n1. The second kappa shape index (κ2) is 5.87. The predicted molar refractivity (Wildman–Crippen MR) is 80.3 cm³/mol. The number of nitrogens with one attached hydrogen (secondary N) is 1. The molecule has 1 unspecified atom stereocenters. The fraction of sp³-hybridized carbons (Fsp3) is 0.500. The summed E-state index contributed by atoms with van der Waals surface area (Å²) in [4.78, 5) is 21.1. The monoisotopic (exact) mass is 300 g/mol. The van der Waals surface area contributed by atoms with Crippen molar-refractivity contribution < 1.29 is 9.32 Å². The molecule has 2 aromatic rings. The summed E-state index contributed by atoms with van der Waals surface area (Å²) in [5.74, 6) is 1.75. The summed E-state index contributed by atoms with van der Waals surface area (Å²) in [6, 6.07) is 3.38. The Bertz CT molecular complexity index is 676. The average molecular weight is 300 g/mol. The van der Waals surface area contributed by atoms with Gasteiger partial charge in [-0.05, 0) is 31.7 Å². The van der Waals surface area contributed by atoms with Crippen LogP contribution < -0.4 is 5.32 Å². The molecule has 2 heterocycles. The highest BCUT2D eigenvalue weighted by Crippen LogP contribution is 2.40. The number of aryl methyl sites for hydroxylation is 1. The maximum Gasteiger partial charge on any atom is 0.274 e. The summed E-state index contributed by atoms with van der Waals surface area (Å²) in [7, 11) is 0. The van der Waals surface area contributed by atoms with E-state index in [1.807, 2.05) is 26.8 Å². The van der Waals surface area contributed by atoms with Gasteiger partial charge in [-0.25, -0.2) is 9.97 Å². The number of hydrogen-bond acceptors (Lipinski definition) is 5. The maximum absolute atomic E-state index is 12.4. The molecule has 6 heteroatoms. The highest BCUT2D eigenvalue weighted by Gasteiger charge is 2.36. The molecule has 3 rings (SSSR count). The Kier molecular flexibility index (Phi) is 3.92. The van der Waals surface area contributed by atoms with Crippen LogP contribution in [0.5, 0.6) is 0 Å². The Morgan fingerprint density at radius 3 is 2.77 bits per heavy atom. The molecule has 1 amide bonds. The quantitative estimate of drug-likeness (QED) is 0.918. The number of hydrogen-bond donors (Lipinski definition) is 1. The molecule has 0 radical (unpaired) electrons. The van der Waals surface area contributed by atoms with Gasteiger partial charge in [-0.3, -0.25) is 4.79 Å². The van der Waals surface area contributed by atoms with Gasteiger partial charge in [0.05, 0.1) is 6.04 Å². The first-order chi connectivity index (χ1) is 10.5. The summed E-state index contributed by atoms with van der Waals surface area (Å²) in [6.07, 6.45) is 3.89. The summed E-state index contributed by atoms with van der Waals surface area (Å²) in [5, 5.41) is 6.86. The van der Waals surface area contributed by atoms with Crippen molar-refractivity contribution in [3.05, 3.63) is 41.3 Å². The summed E-state index contributed by atoms with van der Waals surface area (Å²) < 4.78 is 5.19. The highest BCUT2D eigenvalue weighted by atomic mass is 16.5.